The van der Waals surface area contributed by atoms with Crippen molar-refractivity contribution < 1.29 is 9.47 Å². The highest BCUT2D eigenvalue weighted by molar-refractivity contribution is 5.68. The number of imidazole rings is 1. The van der Waals surface area contributed by atoms with Crippen LogP contribution in [0.25, 0.3) is 11.3 Å². The van der Waals surface area contributed by atoms with Gasteiger partial charge in [0.2, 0.25) is 0 Å². The van der Waals surface area contributed by atoms with Crippen LogP contribution in [0.15, 0.2) is 30.7 Å². The molecule has 0 fully saturated rings. The van der Waals surface area contributed by atoms with Crippen molar-refractivity contribution in [3.8, 4) is 22.8 Å². The lowest BCUT2D eigenvalue weighted by Crippen LogP contribution is -2.02. The van der Waals surface area contributed by atoms with Crippen molar-refractivity contribution in [2.24, 2.45) is 0 Å². The quantitative estimate of drug-likeness (QED) is 0.831. The number of methoxy groups -OCH3 is 2. The second kappa shape index (κ2) is 5.12. The van der Waals surface area contributed by atoms with Crippen LogP contribution >= 0.6 is 0 Å². The van der Waals surface area contributed by atoms with Gasteiger partial charge in [-0.05, 0) is 26.0 Å². The molecule has 0 aliphatic heterocycles. The van der Waals surface area contributed by atoms with E-state index >= 15 is 0 Å². The van der Waals surface area contributed by atoms with Gasteiger partial charge in [0.25, 0.3) is 0 Å². The molecule has 0 amide bonds. The first kappa shape index (κ1) is 12.5. The van der Waals surface area contributed by atoms with Gasteiger partial charge in [-0.2, -0.15) is 0 Å². The Bertz CT molecular complexity index is 532. The van der Waals surface area contributed by atoms with Gasteiger partial charge in [0.05, 0.1) is 32.4 Å². The van der Waals surface area contributed by atoms with Gasteiger partial charge in [-0.3, -0.25) is 0 Å². The molecule has 0 aliphatic rings. The summed E-state index contributed by atoms with van der Waals surface area (Å²) in [6, 6.07) is 6.16. The molecule has 2 aromatic rings. The highest BCUT2D eigenvalue weighted by Crippen LogP contribution is 2.34. The smallest absolute Gasteiger partial charge is 0.131 e. The SMILES string of the molecule is COc1ccc(-c2cncn2C(C)C)c(OC)c1. The zero-order valence-corrected chi connectivity index (χ0v) is 11.2. The maximum atomic E-state index is 5.43. The normalized spacial score (nSPS) is 10.7. The average Bonchev–Trinajstić information content (AvgIpc) is 2.87. The number of rotatable bonds is 4. The lowest BCUT2D eigenvalue weighted by Gasteiger charge is -2.15. The van der Waals surface area contributed by atoms with Crippen molar-refractivity contribution >= 4 is 0 Å². The van der Waals surface area contributed by atoms with Crippen LogP contribution in [0.5, 0.6) is 11.5 Å². The summed E-state index contributed by atoms with van der Waals surface area (Å²) in [5, 5.41) is 0. The molecule has 0 radical (unpaired) electrons. The molecule has 0 N–H and O–H groups in total. The summed E-state index contributed by atoms with van der Waals surface area (Å²) >= 11 is 0. The van der Waals surface area contributed by atoms with Crippen LogP contribution in [0.1, 0.15) is 19.9 Å². The van der Waals surface area contributed by atoms with Crippen molar-refractivity contribution in [3.63, 3.8) is 0 Å². The molecular formula is C14H18N2O2. The minimum absolute atomic E-state index is 0.356. The Kier molecular flexibility index (Phi) is 3.55. The van der Waals surface area contributed by atoms with Gasteiger partial charge in [-0.1, -0.05) is 0 Å². The van der Waals surface area contributed by atoms with Crippen molar-refractivity contribution in [3.05, 3.63) is 30.7 Å². The topological polar surface area (TPSA) is 36.3 Å². The molecule has 4 heteroatoms. The van der Waals surface area contributed by atoms with E-state index < -0.39 is 0 Å². The number of nitrogens with zero attached hydrogens (tertiary/aromatic N) is 2. The molecule has 4 nitrogen and oxygen atoms in total. The highest BCUT2D eigenvalue weighted by Gasteiger charge is 2.13. The fourth-order valence-corrected chi connectivity index (χ4v) is 1.93. The summed E-state index contributed by atoms with van der Waals surface area (Å²) in [5.41, 5.74) is 2.06. The van der Waals surface area contributed by atoms with E-state index in [0.717, 1.165) is 22.8 Å². The average molecular weight is 246 g/mol. The molecule has 2 rings (SSSR count). The number of aromatic nitrogens is 2. The summed E-state index contributed by atoms with van der Waals surface area (Å²) in [4.78, 5) is 4.21. The highest BCUT2D eigenvalue weighted by atomic mass is 16.5. The second-order valence-electron chi connectivity index (χ2n) is 4.35. The zero-order valence-electron chi connectivity index (χ0n) is 11.2. The lowest BCUT2D eigenvalue weighted by molar-refractivity contribution is 0.395. The predicted molar refractivity (Wildman–Crippen MR) is 71.2 cm³/mol. The van der Waals surface area contributed by atoms with E-state index in [1.165, 1.54) is 0 Å². The Morgan fingerprint density at radius 1 is 1.17 bits per heavy atom. The van der Waals surface area contributed by atoms with Gasteiger partial charge in [0, 0.05) is 17.7 Å². The van der Waals surface area contributed by atoms with Crippen LogP contribution in [0.4, 0.5) is 0 Å². The van der Waals surface area contributed by atoms with E-state index in [1.807, 2.05) is 30.7 Å². The van der Waals surface area contributed by atoms with E-state index in [4.69, 9.17) is 9.47 Å². The summed E-state index contributed by atoms with van der Waals surface area (Å²) in [6.45, 7) is 4.25. The first-order valence-electron chi connectivity index (χ1n) is 5.91. The molecule has 96 valence electrons. The van der Waals surface area contributed by atoms with Crippen molar-refractivity contribution in [2.45, 2.75) is 19.9 Å². The van der Waals surface area contributed by atoms with Crippen LogP contribution in [0, 0.1) is 0 Å². The second-order valence-corrected chi connectivity index (χ2v) is 4.35. The molecule has 18 heavy (non-hydrogen) atoms. The predicted octanol–water partition coefficient (Wildman–Crippen LogP) is 3.15. The molecule has 0 aliphatic carbocycles. The van der Waals surface area contributed by atoms with E-state index in [0.29, 0.717) is 6.04 Å². The van der Waals surface area contributed by atoms with Crippen molar-refractivity contribution in [2.75, 3.05) is 14.2 Å². The monoisotopic (exact) mass is 246 g/mol. The molecule has 0 bridgehead atoms. The van der Waals surface area contributed by atoms with E-state index in [1.54, 1.807) is 14.2 Å². The molecule has 0 saturated carbocycles. The minimum Gasteiger partial charge on any atom is -0.497 e. The molecule has 0 unspecified atom stereocenters. The maximum absolute atomic E-state index is 5.43. The third-order valence-corrected chi connectivity index (χ3v) is 2.91. The Hall–Kier alpha value is -1.97. The van der Waals surface area contributed by atoms with Gasteiger partial charge in [0.15, 0.2) is 0 Å². The van der Waals surface area contributed by atoms with E-state index in [-0.39, 0.29) is 0 Å². The van der Waals surface area contributed by atoms with Gasteiger partial charge >= 0.3 is 0 Å². The van der Waals surface area contributed by atoms with Crippen molar-refractivity contribution in [1.29, 1.82) is 0 Å². The molecule has 1 aromatic carbocycles. The molecule has 0 saturated heterocycles. The number of benzene rings is 1. The number of hydrogen-bond donors (Lipinski definition) is 0. The molecular weight excluding hydrogens is 228 g/mol. The third kappa shape index (κ3) is 2.18. The fraction of sp³-hybridized carbons (Fsp3) is 0.357. The van der Waals surface area contributed by atoms with Crippen LogP contribution in [-0.4, -0.2) is 23.8 Å². The molecule has 1 aromatic heterocycles. The fourth-order valence-electron chi connectivity index (χ4n) is 1.93. The summed E-state index contributed by atoms with van der Waals surface area (Å²) in [6.07, 6.45) is 3.69. The summed E-state index contributed by atoms with van der Waals surface area (Å²) in [7, 11) is 3.31. The Labute approximate surface area is 107 Å². The molecule has 0 spiro atoms. The van der Waals surface area contributed by atoms with Crippen LogP contribution in [-0.2, 0) is 0 Å². The van der Waals surface area contributed by atoms with Gasteiger partial charge in [0.1, 0.15) is 11.5 Å². The van der Waals surface area contributed by atoms with Crippen LogP contribution < -0.4 is 9.47 Å². The van der Waals surface area contributed by atoms with E-state index in [9.17, 15) is 0 Å². The summed E-state index contributed by atoms with van der Waals surface area (Å²) < 4.78 is 12.7. The van der Waals surface area contributed by atoms with Gasteiger partial charge < -0.3 is 14.0 Å². The Morgan fingerprint density at radius 2 is 1.94 bits per heavy atom. The third-order valence-electron chi connectivity index (χ3n) is 2.91. The minimum atomic E-state index is 0.356. The summed E-state index contributed by atoms with van der Waals surface area (Å²) in [5.74, 6) is 1.57. The Morgan fingerprint density at radius 3 is 2.56 bits per heavy atom. The first-order chi connectivity index (χ1) is 8.67. The molecule has 1 heterocycles. The number of ether oxygens (including phenoxy) is 2. The van der Waals surface area contributed by atoms with Crippen LogP contribution in [0.2, 0.25) is 0 Å². The maximum Gasteiger partial charge on any atom is 0.131 e. The van der Waals surface area contributed by atoms with Crippen molar-refractivity contribution in [1.82, 2.24) is 9.55 Å². The lowest BCUT2D eigenvalue weighted by atomic mass is 10.1. The van der Waals surface area contributed by atoms with E-state index in [2.05, 4.69) is 23.4 Å². The van der Waals surface area contributed by atoms with Gasteiger partial charge in [-0.15, -0.1) is 0 Å². The number of hydrogen-bond acceptors (Lipinski definition) is 3. The standard InChI is InChI=1S/C14H18N2O2/c1-10(2)16-9-15-8-13(16)12-6-5-11(17-3)7-14(12)18-4/h5-10H,1-4H3. The Balaban J connectivity index is 2.53. The van der Waals surface area contributed by atoms with Crippen LogP contribution in [0.3, 0.4) is 0 Å². The zero-order chi connectivity index (χ0) is 13.1. The van der Waals surface area contributed by atoms with Gasteiger partial charge in [-0.25, -0.2) is 4.98 Å². The largest absolute Gasteiger partial charge is 0.497 e. The first-order valence-corrected chi connectivity index (χ1v) is 5.91. The molecule has 0 atom stereocenters.